The largest absolute Gasteiger partial charge is 0.489 e. The molecule has 2 aromatic carbocycles. The van der Waals surface area contributed by atoms with Gasteiger partial charge in [0.2, 0.25) is 0 Å². The molecule has 0 aromatic heterocycles. The summed E-state index contributed by atoms with van der Waals surface area (Å²) in [6.07, 6.45) is 2.65. The Morgan fingerprint density at radius 1 is 1.10 bits per heavy atom. The van der Waals surface area contributed by atoms with Gasteiger partial charge in [-0.15, -0.1) is 0 Å². The molecule has 3 nitrogen and oxygen atoms in total. The highest BCUT2D eigenvalue weighted by atomic mass is 79.9. The lowest BCUT2D eigenvalue weighted by Gasteiger charge is -2.06. The monoisotopic (exact) mass is 332 g/mol. The molecule has 20 heavy (non-hydrogen) atoms. The van der Waals surface area contributed by atoms with Crippen molar-refractivity contribution in [2.45, 2.75) is 6.61 Å². The zero-order chi connectivity index (χ0) is 14.4. The van der Waals surface area contributed by atoms with Crippen LogP contribution in [-0.4, -0.2) is 11.1 Å². The Morgan fingerprint density at radius 2 is 1.75 bits per heavy atom. The number of benzene rings is 2. The zero-order valence-corrected chi connectivity index (χ0v) is 12.2. The van der Waals surface area contributed by atoms with Crippen LogP contribution in [0, 0.1) is 0 Å². The number of carboxylic acids is 1. The van der Waals surface area contributed by atoms with E-state index in [0.29, 0.717) is 6.61 Å². The third-order valence-electron chi connectivity index (χ3n) is 2.62. The van der Waals surface area contributed by atoms with Crippen molar-refractivity contribution in [2.75, 3.05) is 0 Å². The summed E-state index contributed by atoms with van der Waals surface area (Å²) in [6, 6.07) is 15.2. The SMILES string of the molecule is O=C(O)/C=C\c1ccc(OCc2ccc(Br)cc2)cc1. The molecule has 0 aliphatic heterocycles. The molecule has 102 valence electrons. The van der Waals surface area contributed by atoms with Gasteiger partial charge in [0.05, 0.1) is 0 Å². The normalized spacial score (nSPS) is 10.7. The highest BCUT2D eigenvalue weighted by molar-refractivity contribution is 9.10. The first-order valence-electron chi connectivity index (χ1n) is 6.02. The minimum absolute atomic E-state index is 0.498. The van der Waals surface area contributed by atoms with Crippen LogP contribution >= 0.6 is 15.9 Å². The number of carbonyl (C=O) groups is 1. The summed E-state index contributed by atoms with van der Waals surface area (Å²) in [5.41, 5.74) is 1.91. The smallest absolute Gasteiger partial charge is 0.328 e. The lowest BCUT2D eigenvalue weighted by atomic mass is 10.2. The summed E-state index contributed by atoms with van der Waals surface area (Å²) in [4.78, 5) is 10.4. The van der Waals surface area contributed by atoms with E-state index in [-0.39, 0.29) is 0 Å². The van der Waals surface area contributed by atoms with Crippen LogP contribution in [0.2, 0.25) is 0 Å². The molecule has 0 fully saturated rings. The highest BCUT2D eigenvalue weighted by Crippen LogP contribution is 2.16. The average Bonchev–Trinajstić information content (AvgIpc) is 2.45. The number of halogens is 1. The number of ether oxygens (including phenoxy) is 1. The summed E-state index contributed by atoms with van der Waals surface area (Å²) in [5, 5.41) is 8.54. The molecule has 1 N–H and O–H groups in total. The molecule has 2 rings (SSSR count). The number of carboxylic acid groups (broad SMARTS) is 1. The van der Waals surface area contributed by atoms with Crippen molar-refractivity contribution in [1.29, 1.82) is 0 Å². The Bertz CT molecular complexity index is 601. The first kappa shape index (κ1) is 14.3. The Labute approximate surface area is 125 Å². The van der Waals surface area contributed by atoms with Crippen LogP contribution in [-0.2, 0) is 11.4 Å². The third-order valence-corrected chi connectivity index (χ3v) is 3.15. The van der Waals surface area contributed by atoms with E-state index in [9.17, 15) is 4.79 Å². The lowest BCUT2D eigenvalue weighted by Crippen LogP contribution is -1.94. The summed E-state index contributed by atoms with van der Waals surface area (Å²) in [5.74, 6) is -0.207. The Balaban J connectivity index is 1.93. The predicted molar refractivity (Wildman–Crippen MR) is 81.6 cm³/mol. The van der Waals surface area contributed by atoms with E-state index in [1.54, 1.807) is 6.08 Å². The quantitative estimate of drug-likeness (QED) is 0.837. The van der Waals surface area contributed by atoms with Crippen LogP contribution < -0.4 is 4.74 Å². The second-order valence-corrected chi connectivity index (χ2v) is 5.07. The van der Waals surface area contributed by atoms with Crippen molar-refractivity contribution in [3.05, 3.63) is 70.2 Å². The van der Waals surface area contributed by atoms with Gasteiger partial charge in [-0.1, -0.05) is 40.2 Å². The lowest BCUT2D eigenvalue weighted by molar-refractivity contribution is -0.131. The van der Waals surface area contributed by atoms with E-state index in [0.717, 1.165) is 27.4 Å². The molecule has 0 bridgehead atoms. The number of hydrogen-bond acceptors (Lipinski definition) is 2. The van der Waals surface area contributed by atoms with Gasteiger partial charge in [0.1, 0.15) is 12.4 Å². The maximum atomic E-state index is 10.4. The van der Waals surface area contributed by atoms with E-state index < -0.39 is 5.97 Å². The molecule has 0 unspecified atom stereocenters. The standard InChI is InChI=1S/C16H13BrO3/c17-14-6-1-13(2-7-14)11-20-15-8-3-12(4-9-15)5-10-16(18)19/h1-10H,11H2,(H,18,19)/b10-5-. The van der Waals surface area contributed by atoms with Crippen molar-refractivity contribution >= 4 is 28.0 Å². The van der Waals surface area contributed by atoms with Crippen molar-refractivity contribution in [1.82, 2.24) is 0 Å². The van der Waals surface area contributed by atoms with E-state index >= 15 is 0 Å². The average molecular weight is 333 g/mol. The summed E-state index contributed by atoms with van der Waals surface area (Å²) in [7, 11) is 0. The first-order valence-corrected chi connectivity index (χ1v) is 6.81. The maximum absolute atomic E-state index is 10.4. The van der Waals surface area contributed by atoms with Crippen LogP contribution in [0.25, 0.3) is 6.08 Å². The van der Waals surface area contributed by atoms with Crippen LogP contribution in [0.3, 0.4) is 0 Å². The molecule has 0 aliphatic rings. The molecule has 0 atom stereocenters. The minimum Gasteiger partial charge on any atom is -0.489 e. The van der Waals surface area contributed by atoms with E-state index in [1.165, 1.54) is 0 Å². The van der Waals surface area contributed by atoms with Crippen molar-refractivity contribution in [2.24, 2.45) is 0 Å². The minimum atomic E-state index is -0.958. The second-order valence-electron chi connectivity index (χ2n) is 4.16. The zero-order valence-electron chi connectivity index (χ0n) is 10.6. The van der Waals surface area contributed by atoms with Crippen molar-refractivity contribution in [3.63, 3.8) is 0 Å². The first-order chi connectivity index (χ1) is 9.63. The Kier molecular flexibility index (Phi) is 4.96. The number of rotatable bonds is 5. The molecule has 4 heteroatoms. The molecule has 0 heterocycles. The van der Waals surface area contributed by atoms with Gasteiger partial charge in [-0.25, -0.2) is 4.79 Å². The van der Waals surface area contributed by atoms with Gasteiger partial charge in [-0.05, 0) is 41.5 Å². The van der Waals surface area contributed by atoms with E-state index in [2.05, 4.69) is 15.9 Å². The van der Waals surface area contributed by atoms with Crippen LogP contribution in [0.4, 0.5) is 0 Å². The van der Waals surface area contributed by atoms with Gasteiger partial charge in [-0.3, -0.25) is 0 Å². The van der Waals surface area contributed by atoms with Gasteiger partial charge in [0.25, 0.3) is 0 Å². The molecular weight excluding hydrogens is 320 g/mol. The van der Waals surface area contributed by atoms with Crippen molar-refractivity contribution < 1.29 is 14.6 Å². The van der Waals surface area contributed by atoms with Gasteiger partial charge < -0.3 is 9.84 Å². The van der Waals surface area contributed by atoms with E-state index in [1.807, 2.05) is 48.5 Å². The van der Waals surface area contributed by atoms with Gasteiger partial charge >= 0.3 is 5.97 Å². The maximum Gasteiger partial charge on any atom is 0.328 e. The predicted octanol–water partition coefficient (Wildman–Crippen LogP) is 4.13. The molecular formula is C16H13BrO3. The fourth-order valence-corrected chi connectivity index (χ4v) is 1.85. The van der Waals surface area contributed by atoms with Crippen molar-refractivity contribution in [3.8, 4) is 5.75 Å². The van der Waals surface area contributed by atoms with Gasteiger partial charge in [0, 0.05) is 10.5 Å². The molecule has 0 saturated heterocycles. The van der Waals surface area contributed by atoms with E-state index in [4.69, 9.17) is 9.84 Å². The van der Waals surface area contributed by atoms with Crippen LogP contribution in [0.15, 0.2) is 59.1 Å². The number of aliphatic carboxylic acids is 1. The molecule has 2 aromatic rings. The van der Waals surface area contributed by atoms with Gasteiger partial charge in [-0.2, -0.15) is 0 Å². The fraction of sp³-hybridized carbons (Fsp3) is 0.0625. The molecule has 0 radical (unpaired) electrons. The summed E-state index contributed by atoms with van der Waals surface area (Å²) < 4.78 is 6.69. The summed E-state index contributed by atoms with van der Waals surface area (Å²) >= 11 is 3.39. The Morgan fingerprint density at radius 3 is 2.35 bits per heavy atom. The molecule has 0 amide bonds. The van der Waals surface area contributed by atoms with Gasteiger partial charge in [0.15, 0.2) is 0 Å². The second kappa shape index (κ2) is 6.91. The molecule has 0 spiro atoms. The van der Waals surface area contributed by atoms with Crippen LogP contribution in [0.1, 0.15) is 11.1 Å². The topological polar surface area (TPSA) is 46.5 Å². The Hall–Kier alpha value is -2.07. The summed E-state index contributed by atoms with van der Waals surface area (Å²) in [6.45, 7) is 0.498. The molecule has 0 aliphatic carbocycles. The highest BCUT2D eigenvalue weighted by Gasteiger charge is 1.97. The number of hydrogen-bond donors (Lipinski definition) is 1. The fourth-order valence-electron chi connectivity index (χ4n) is 1.59. The van der Waals surface area contributed by atoms with Crippen LogP contribution in [0.5, 0.6) is 5.75 Å². The molecule has 0 saturated carbocycles. The third kappa shape index (κ3) is 4.55.